The minimum atomic E-state index is -0.733. The molecule has 1 atom stereocenters. The molecule has 2 aromatic heterocycles. The fraction of sp³-hybridized carbons (Fsp3) is 0.273. The molecule has 1 fully saturated rings. The van der Waals surface area contributed by atoms with Crippen LogP contribution < -0.4 is 10.3 Å². The number of halogens is 1. The van der Waals surface area contributed by atoms with Crippen molar-refractivity contribution in [2.75, 3.05) is 13.1 Å². The quantitative estimate of drug-likeness (QED) is 0.388. The normalized spacial score (nSPS) is 16.5. The Hall–Kier alpha value is -3.77. The topological polar surface area (TPSA) is 115 Å². The van der Waals surface area contributed by atoms with E-state index in [4.69, 9.17) is 10.00 Å². The van der Waals surface area contributed by atoms with Gasteiger partial charge in [0.25, 0.3) is 11.6 Å². The van der Waals surface area contributed by atoms with Gasteiger partial charge in [0, 0.05) is 35.4 Å². The highest BCUT2D eigenvalue weighted by molar-refractivity contribution is 6.23. The van der Waals surface area contributed by atoms with Gasteiger partial charge in [-0.25, -0.2) is 4.39 Å². The number of likely N-dealkylation sites (tertiary alicyclic amines) is 1. The number of nitrogens with one attached hydrogen (secondary N) is 2. The van der Waals surface area contributed by atoms with Gasteiger partial charge in [-0.1, -0.05) is 0 Å². The molecule has 0 spiro atoms. The number of hydrogen-bond acceptors (Lipinski definition) is 6. The van der Waals surface area contributed by atoms with E-state index < -0.39 is 11.9 Å². The van der Waals surface area contributed by atoms with Gasteiger partial charge in [-0.05, 0) is 37.1 Å². The molecule has 8 nitrogen and oxygen atoms in total. The van der Waals surface area contributed by atoms with Gasteiger partial charge in [0.2, 0.25) is 0 Å². The number of hydrogen-bond donors (Lipinski definition) is 2. The van der Waals surface area contributed by atoms with Gasteiger partial charge in [-0.2, -0.15) is 10.2 Å². The number of H-pyrrole nitrogens is 2. The van der Waals surface area contributed by atoms with Crippen molar-refractivity contribution in [3.05, 3.63) is 46.6 Å². The molecular weight excluding hydrogens is 401 g/mol. The maximum Gasteiger partial charge on any atom is 0.294 e. The molecule has 0 aliphatic carbocycles. The van der Waals surface area contributed by atoms with Gasteiger partial charge < -0.3 is 19.5 Å². The molecule has 31 heavy (non-hydrogen) atoms. The number of nitriles is 1. The summed E-state index contributed by atoms with van der Waals surface area (Å²) in [6, 6.07) is 7.63. The Bertz CT molecular complexity index is 1410. The Morgan fingerprint density at radius 2 is 2.06 bits per heavy atom. The second-order valence-electron chi connectivity index (χ2n) is 7.61. The first-order valence-electron chi connectivity index (χ1n) is 9.97. The van der Waals surface area contributed by atoms with Gasteiger partial charge in [0.15, 0.2) is 12.3 Å². The Morgan fingerprint density at radius 3 is 2.81 bits per heavy atom. The van der Waals surface area contributed by atoms with Crippen LogP contribution in [0.15, 0.2) is 35.3 Å². The average Bonchev–Trinajstić information content (AvgIpc) is 3.19. The van der Waals surface area contributed by atoms with Crippen molar-refractivity contribution in [3.8, 4) is 12.1 Å². The van der Waals surface area contributed by atoms with Crippen LogP contribution in [0.25, 0.3) is 32.6 Å². The zero-order valence-corrected chi connectivity index (χ0v) is 16.4. The van der Waals surface area contributed by atoms with Crippen LogP contribution in [0, 0.1) is 17.1 Å². The van der Waals surface area contributed by atoms with Crippen molar-refractivity contribution in [2.24, 2.45) is 0 Å². The minimum Gasteiger partial charge on any atom is -0.461 e. The fourth-order valence-corrected chi connectivity index (χ4v) is 4.31. The number of benzene rings is 2. The summed E-state index contributed by atoms with van der Waals surface area (Å²) in [5.74, 6) is -0.429. The second-order valence-corrected chi connectivity index (χ2v) is 7.61. The molecule has 1 saturated heterocycles. The zero-order valence-electron chi connectivity index (χ0n) is 16.4. The van der Waals surface area contributed by atoms with Crippen LogP contribution in [-0.2, 0) is 4.79 Å². The molecule has 0 amide bonds. The summed E-state index contributed by atoms with van der Waals surface area (Å²) in [6.07, 6.45) is 3.37. The van der Waals surface area contributed by atoms with E-state index in [1.807, 2.05) is 11.0 Å². The average molecular weight is 419 g/mol. The van der Waals surface area contributed by atoms with Gasteiger partial charge in [-0.3, -0.25) is 9.69 Å². The summed E-state index contributed by atoms with van der Waals surface area (Å²) in [5.41, 5.74) is 0.950. The number of aromatic amines is 2. The van der Waals surface area contributed by atoms with E-state index in [-0.39, 0.29) is 11.7 Å². The van der Waals surface area contributed by atoms with Crippen molar-refractivity contribution in [3.63, 3.8) is 0 Å². The predicted molar refractivity (Wildman–Crippen MR) is 112 cm³/mol. The number of aldehydes is 1. The van der Waals surface area contributed by atoms with Gasteiger partial charge in [-0.15, -0.1) is 0 Å². The highest BCUT2D eigenvalue weighted by Crippen LogP contribution is 2.34. The van der Waals surface area contributed by atoms with Crippen LogP contribution in [0.3, 0.4) is 0 Å². The highest BCUT2D eigenvalue weighted by Gasteiger charge is 2.26. The number of carbonyl (C=O) groups is 1. The van der Waals surface area contributed by atoms with E-state index in [1.54, 1.807) is 18.3 Å². The molecule has 0 radical (unpaired) electrons. The Morgan fingerprint density at radius 1 is 1.26 bits per heavy atom. The summed E-state index contributed by atoms with van der Waals surface area (Å²) in [7, 11) is 0. The molecule has 1 aliphatic heterocycles. The lowest BCUT2D eigenvalue weighted by molar-refractivity contribution is -0.111. The van der Waals surface area contributed by atoms with E-state index in [0.717, 1.165) is 0 Å². The lowest BCUT2D eigenvalue weighted by Gasteiger charge is -2.32. The predicted octanol–water partition coefficient (Wildman–Crippen LogP) is 2.63. The largest absolute Gasteiger partial charge is 0.461 e. The smallest absolute Gasteiger partial charge is 0.294 e. The molecule has 0 bridgehead atoms. The molecule has 4 aromatic rings. The molecular formula is C22H18FN5O3. The molecule has 3 heterocycles. The second kappa shape index (κ2) is 7.49. The van der Waals surface area contributed by atoms with Crippen LogP contribution in [-0.4, -0.2) is 51.4 Å². The number of fused-ring (bicyclic) bond motifs is 6. The summed E-state index contributed by atoms with van der Waals surface area (Å²) in [4.78, 5) is 35.8. The monoisotopic (exact) mass is 419 g/mol. The summed E-state index contributed by atoms with van der Waals surface area (Å²) in [5, 5.41) is 11.2. The molecule has 5 rings (SSSR count). The van der Waals surface area contributed by atoms with Crippen LogP contribution in [0.5, 0.6) is 6.01 Å². The third-order valence-corrected chi connectivity index (χ3v) is 5.83. The number of rotatable bonds is 4. The Kier molecular flexibility index (Phi) is 4.64. The first-order chi connectivity index (χ1) is 15.1. The summed E-state index contributed by atoms with van der Waals surface area (Å²) in [6.45, 7) is 1.14. The third kappa shape index (κ3) is 3.21. The molecule has 0 saturated carbocycles. The summed E-state index contributed by atoms with van der Waals surface area (Å²) < 4.78 is 20.0. The molecule has 1 unspecified atom stereocenters. The maximum absolute atomic E-state index is 13.9. The third-order valence-electron chi connectivity index (χ3n) is 5.83. The molecule has 1 aliphatic rings. The van der Waals surface area contributed by atoms with Crippen molar-refractivity contribution >= 4 is 38.9 Å². The van der Waals surface area contributed by atoms with E-state index in [1.165, 1.54) is 12.1 Å². The lowest BCUT2D eigenvalue weighted by Crippen LogP contribution is -2.44. The van der Waals surface area contributed by atoms with E-state index in [9.17, 15) is 14.0 Å². The van der Waals surface area contributed by atoms with Crippen molar-refractivity contribution in [2.45, 2.75) is 25.0 Å². The molecule has 2 N–H and O–H groups in total. The lowest BCUT2D eigenvalue weighted by atomic mass is 10.0. The Labute approximate surface area is 175 Å². The van der Waals surface area contributed by atoms with Gasteiger partial charge in [0.1, 0.15) is 17.4 Å². The standard InChI is InChI=1S/C22H18FN5O3/c23-12-1-2-15-17(9-12)18-16(3-6-25-21(18)30)20-19(15)26-22(27-20)31-14-4-7-28(8-5-14)13(10-24)11-29/h1-3,6,9,11,13-14H,4-5,7-8H2,(H,25,30)(H,26,27). The van der Waals surface area contributed by atoms with Crippen LogP contribution >= 0.6 is 0 Å². The first kappa shape index (κ1) is 19.2. The molecule has 156 valence electrons. The molecule has 2 aromatic carbocycles. The number of imidazole rings is 1. The van der Waals surface area contributed by atoms with Gasteiger partial charge in [0.05, 0.1) is 17.0 Å². The van der Waals surface area contributed by atoms with Crippen LogP contribution in [0.4, 0.5) is 4.39 Å². The van der Waals surface area contributed by atoms with E-state index in [0.29, 0.717) is 70.8 Å². The van der Waals surface area contributed by atoms with Crippen molar-refractivity contribution in [1.29, 1.82) is 5.26 Å². The minimum absolute atomic E-state index is 0.124. The number of pyridine rings is 1. The number of ether oxygens (including phenoxy) is 1. The summed E-state index contributed by atoms with van der Waals surface area (Å²) >= 11 is 0. The van der Waals surface area contributed by atoms with E-state index >= 15 is 0 Å². The fourth-order valence-electron chi connectivity index (χ4n) is 4.31. The Balaban J connectivity index is 1.53. The number of carbonyl (C=O) groups excluding carboxylic acids is 1. The number of nitrogens with zero attached hydrogens (tertiary/aromatic N) is 3. The first-order valence-corrected chi connectivity index (χ1v) is 9.97. The van der Waals surface area contributed by atoms with Crippen molar-refractivity contribution in [1.82, 2.24) is 19.9 Å². The van der Waals surface area contributed by atoms with Crippen molar-refractivity contribution < 1.29 is 13.9 Å². The number of piperidine rings is 1. The molecule has 9 heteroatoms. The highest BCUT2D eigenvalue weighted by atomic mass is 19.1. The number of aromatic nitrogens is 3. The van der Waals surface area contributed by atoms with E-state index in [2.05, 4.69) is 15.0 Å². The SMILES string of the molecule is N#CC(C=O)N1CCC(Oc2nc3c4ccc(F)cc4c4c(=O)[nH]ccc4c3[nH]2)CC1. The maximum atomic E-state index is 13.9. The van der Waals surface area contributed by atoms with Gasteiger partial charge >= 0.3 is 0 Å². The van der Waals surface area contributed by atoms with Crippen LogP contribution in [0.2, 0.25) is 0 Å². The van der Waals surface area contributed by atoms with Crippen LogP contribution in [0.1, 0.15) is 12.8 Å². The zero-order chi connectivity index (χ0) is 21.5.